The summed E-state index contributed by atoms with van der Waals surface area (Å²) in [7, 11) is 0. The highest BCUT2D eigenvalue weighted by Gasteiger charge is 2.17. The normalized spacial score (nSPS) is 11.6. The number of carbonyl (C=O) groups is 2. The van der Waals surface area contributed by atoms with E-state index < -0.39 is 23.7 Å². The third kappa shape index (κ3) is 4.77. The van der Waals surface area contributed by atoms with Crippen LogP contribution in [0.1, 0.15) is 11.7 Å². The quantitative estimate of drug-likeness (QED) is 0.749. The number of aliphatic hydroxyl groups is 1. The van der Waals surface area contributed by atoms with Gasteiger partial charge in [0.25, 0.3) is 0 Å². The van der Waals surface area contributed by atoms with E-state index in [2.05, 4.69) is 10.6 Å². The minimum absolute atomic E-state index is 0.167. The van der Waals surface area contributed by atoms with Crippen LogP contribution in [0.2, 0.25) is 5.02 Å². The van der Waals surface area contributed by atoms with Gasteiger partial charge in [-0.3, -0.25) is 9.59 Å². The third-order valence-electron chi connectivity index (χ3n) is 3.03. The molecular weight excluding hydrogens is 323 g/mol. The maximum Gasteiger partial charge on any atom is 0.313 e. The molecule has 1 unspecified atom stereocenters. The lowest BCUT2D eigenvalue weighted by Crippen LogP contribution is -2.37. The summed E-state index contributed by atoms with van der Waals surface area (Å²) in [6.07, 6.45) is -1.04. The van der Waals surface area contributed by atoms with E-state index >= 15 is 0 Å². The highest BCUT2D eigenvalue weighted by molar-refractivity contribution is 6.39. The molecule has 0 heterocycles. The smallest absolute Gasteiger partial charge is 0.313 e. The summed E-state index contributed by atoms with van der Waals surface area (Å²) < 4.78 is 12.8. The summed E-state index contributed by atoms with van der Waals surface area (Å²) in [6, 6.07) is 11.6. The second kappa shape index (κ2) is 7.71. The van der Waals surface area contributed by atoms with Crippen molar-refractivity contribution in [1.29, 1.82) is 0 Å². The average Bonchev–Trinajstić information content (AvgIpc) is 2.54. The van der Waals surface area contributed by atoms with E-state index in [0.29, 0.717) is 16.3 Å². The molecule has 5 nitrogen and oxygen atoms in total. The minimum atomic E-state index is -1.04. The van der Waals surface area contributed by atoms with Gasteiger partial charge in [0.15, 0.2) is 0 Å². The molecule has 0 aromatic heterocycles. The van der Waals surface area contributed by atoms with Crippen molar-refractivity contribution in [3.63, 3.8) is 0 Å². The van der Waals surface area contributed by atoms with Gasteiger partial charge in [0.05, 0.1) is 6.10 Å². The standard InChI is InChI=1S/C16H14ClFN2O3/c17-13-4-2-1-3-12(13)14(21)9-19-15(22)16(23)20-11-7-5-10(18)6-8-11/h1-8,14,21H,9H2,(H,19,22)(H,20,23). The largest absolute Gasteiger partial charge is 0.387 e. The van der Waals surface area contributed by atoms with E-state index in [-0.39, 0.29) is 6.54 Å². The number of rotatable bonds is 4. The number of benzene rings is 2. The lowest BCUT2D eigenvalue weighted by molar-refractivity contribution is -0.136. The van der Waals surface area contributed by atoms with Crippen LogP contribution >= 0.6 is 11.6 Å². The van der Waals surface area contributed by atoms with Gasteiger partial charge in [0.1, 0.15) is 5.82 Å². The van der Waals surface area contributed by atoms with Gasteiger partial charge in [-0.05, 0) is 30.3 Å². The Bertz CT molecular complexity index is 707. The molecular formula is C16H14ClFN2O3. The molecule has 0 aliphatic carbocycles. The lowest BCUT2D eigenvalue weighted by Gasteiger charge is -2.13. The van der Waals surface area contributed by atoms with Crippen molar-refractivity contribution < 1.29 is 19.1 Å². The summed E-state index contributed by atoms with van der Waals surface area (Å²) in [5, 5.41) is 15.0. The predicted octanol–water partition coefficient (Wildman–Crippen LogP) is 2.27. The lowest BCUT2D eigenvalue weighted by atomic mass is 10.1. The first kappa shape index (κ1) is 16.9. The number of aliphatic hydroxyl groups excluding tert-OH is 1. The van der Waals surface area contributed by atoms with Gasteiger partial charge in [-0.15, -0.1) is 0 Å². The Kier molecular flexibility index (Phi) is 5.67. The van der Waals surface area contributed by atoms with Crippen LogP contribution in [-0.2, 0) is 9.59 Å². The molecule has 0 fully saturated rings. The molecule has 2 rings (SSSR count). The van der Waals surface area contributed by atoms with Gasteiger partial charge >= 0.3 is 11.8 Å². The second-order valence-corrected chi connectivity index (χ2v) is 5.12. The summed E-state index contributed by atoms with van der Waals surface area (Å²) in [4.78, 5) is 23.4. The summed E-state index contributed by atoms with van der Waals surface area (Å²) >= 11 is 5.93. The van der Waals surface area contributed by atoms with Crippen molar-refractivity contribution >= 4 is 29.1 Å². The van der Waals surface area contributed by atoms with Crippen LogP contribution in [0.3, 0.4) is 0 Å². The van der Waals surface area contributed by atoms with Crippen LogP contribution in [0.15, 0.2) is 48.5 Å². The fourth-order valence-electron chi connectivity index (χ4n) is 1.85. The number of anilines is 1. The number of amides is 2. The zero-order valence-electron chi connectivity index (χ0n) is 11.9. The van der Waals surface area contributed by atoms with E-state index in [1.54, 1.807) is 24.3 Å². The van der Waals surface area contributed by atoms with Crippen LogP contribution in [0.4, 0.5) is 10.1 Å². The fraction of sp³-hybridized carbons (Fsp3) is 0.125. The molecule has 0 saturated carbocycles. The number of halogens is 2. The van der Waals surface area contributed by atoms with E-state index in [0.717, 1.165) is 12.1 Å². The van der Waals surface area contributed by atoms with Gasteiger partial charge in [-0.2, -0.15) is 0 Å². The summed E-state index contributed by atoms with van der Waals surface area (Å²) in [5.41, 5.74) is 0.742. The minimum Gasteiger partial charge on any atom is -0.387 e. The first-order chi connectivity index (χ1) is 11.0. The summed E-state index contributed by atoms with van der Waals surface area (Å²) in [6.45, 7) is -0.167. The third-order valence-corrected chi connectivity index (χ3v) is 3.37. The topological polar surface area (TPSA) is 78.4 Å². The molecule has 0 bridgehead atoms. The number of nitrogens with one attached hydrogen (secondary N) is 2. The molecule has 23 heavy (non-hydrogen) atoms. The first-order valence-electron chi connectivity index (χ1n) is 6.74. The average molecular weight is 337 g/mol. The molecule has 0 aliphatic heterocycles. The highest BCUT2D eigenvalue weighted by Crippen LogP contribution is 2.21. The van der Waals surface area contributed by atoms with Crippen LogP contribution in [-0.4, -0.2) is 23.5 Å². The molecule has 2 aromatic carbocycles. The van der Waals surface area contributed by atoms with Gasteiger partial charge < -0.3 is 15.7 Å². The highest BCUT2D eigenvalue weighted by atomic mass is 35.5. The van der Waals surface area contributed by atoms with Crippen molar-refractivity contribution in [3.8, 4) is 0 Å². The van der Waals surface area contributed by atoms with E-state index in [1.165, 1.54) is 12.1 Å². The fourth-order valence-corrected chi connectivity index (χ4v) is 2.11. The van der Waals surface area contributed by atoms with Crippen LogP contribution < -0.4 is 10.6 Å². The van der Waals surface area contributed by atoms with Gasteiger partial charge in [0.2, 0.25) is 0 Å². The number of hydrogen-bond acceptors (Lipinski definition) is 3. The predicted molar refractivity (Wildman–Crippen MR) is 84.5 cm³/mol. The number of carbonyl (C=O) groups excluding carboxylic acids is 2. The maximum absolute atomic E-state index is 12.8. The molecule has 0 spiro atoms. The monoisotopic (exact) mass is 336 g/mol. The zero-order chi connectivity index (χ0) is 16.8. The van der Waals surface area contributed by atoms with Gasteiger partial charge in [-0.25, -0.2) is 4.39 Å². The molecule has 2 aromatic rings. The Hall–Kier alpha value is -2.44. The van der Waals surface area contributed by atoms with Crippen molar-refractivity contribution in [2.24, 2.45) is 0 Å². The maximum atomic E-state index is 12.8. The van der Waals surface area contributed by atoms with E-state index in [9.17, 15) is 19.1 Å². The Morgan fingerprint density at radius 3 is 2.39 bits per heavy atom. The van der Waals surface area contributed by atoms with Gasteiger partial charge in [0, 0.05) is 22.8 Å². The van der Waals surface area contributed by atoms with Crippen molar-refractivity contribution in [1.82, 2.24) is 5.32 Å². The van der Waals surface area contributed by atoms with Crippen LogP contribution in [0.5, 0.6) is 0 Å². The molecule has 0 aliphatic rings. The first-order valence-corrected chi connectivity index (χ1v) is 7.12. The molecule has 0 saturated heterocycles. The zero-order valence-corrected chi connectivity index (χ0v) is 12.7. The van der Waals surface area contributed by atoms with E-state index in [4.69, 9.17) is 11.6 Å². The SMILES string of the molecule is O=C(NCC(O)c1ccccc1Cl)C(=O)Nc1ccc(F)cc1. The Balaban J connectivity index is 1.87. The summed E-state index contributed by atoms with van der Waals surface area (Å²) in [5.74, 6) is -2.28. The van der Waals surface area contributed by atoms with Crippen LogP contribution in [0.25, 0.3) is 0 Å². The Morgan fingerprint density at radius 2 is 1.74 bits per heavy atom. The van der Waals surface area contributed by atoms with Gasteiger partial charge in [-0.1, -0.05) is 29.8 Å². The van der Waals surface area contributed by atoms with Crippen molar-refractivity contribution in [2.45, 2.75) is 6.10 Å². The molecule has 1 atom stereocenters. The number of hydrogen-bond donors (Lipinski definition) is 3. The molecule has 2 amide bonds. The van der Waals surface area contributed by atoms with Crippen molar-refractivity contribution in [3.05, 3.63) is 64.9 Å². The van der Waals surface area contributed by atoms with E-state index in [1.807, 2.05) is 0 Å². The Labute approximate surface area is 137 Å². The molecule has 7 heteroatoms. The molecule has 120 valence electrons. The second-order valence-electron chi connectivity index (χ2n) is 4.71. The Morgan fingerprint density at radius 1 is 1.09 bits per heavy atom. The molecule has 0 radical (unpaired) electrons. The van der Waals surface area contributed by atoms with Crippen molar-refractivity contribution in [2.75, 3.05) is 11.9 Å². The molecule has 3 N–H and O–H groups in total. The van der Waals surface area contributed by atoms with Crippen LogP contribution in [0, 0.1) is 5.82 Å².